The molecule has 4 heteroatoms. The van der Waals surface area contributed by atoms with Crippen LogP contribution in [0.2, 0.25) is 0 Å². The molecule has 1 heterocycles. The molecule has 0 aromatic heterocycles. The smallest absolute Gasteiger partial charge is 0.157 e. The molecule has 0 saturated heterocycles. The third-order valence-electron chi connectivity index (χ3n) is 2.78. The first-order valence-corrected chi connectivity index (χ1v) is 6.56. The molecule has 0 saturated carbocycles. The third-order valence-corrected chi connectivity index (χ3v) is 4.07. The van der Waals surface area contributed by atoms with Gasteiger partial charge in [-0.1, -0.05) is 20.8 Å². The first-order chi connectivity index (χ1) is 7.36. The molecule has 0 unspecified atom stereocenters. The predicted octanol–water partition coefficient (Wildman–Crippen LogP) is 2.22. The Morgan fingerprint density at radius 3 is 2.62 bits per heavy atom. The van der Waals surface area contributed by atoms with Crippen molar-refractivity contribution >= 4 is 17.5 Å². The van der Waals surface area contributed by atoms with Crippen LogP contribution in [0.3, 0.4) is 0 Å². The maximum Gasteiger partial charge on any atom is 0.157 e. The van der Waals surface area contributed by atoms with Crippen molar-refractivity contribution < 1.29 is 9.90 Å². The van der Waals surface area contributed by atoms with Crippen LogP contribution in [-0.4, -0.2) is 34.8 Å². The fraction of sp³-hybridized carbons (Fsp3) is 0.750. The van der Waals surface area contributed by atoms with Gasteiger partial charge in [-0.2, -0.15) is 0 Å². The fourth-order valence-electron chi connectivity index (χ4n) is 1.46. The van der Waals surface area contributed by atoms with Crippen LogP contribution in [-0.2, 0) is 4.79 Å². The molecule has 0 aromatic carbocycles. The first-order valence-electron chi connectivity index (χ1n) is 5.58. The molecule has 0 radical (unpaired) electrons. The van der Waals surface area contributed by atoms with Crippen LogP contribution in [0, 0.1) is 5.41 Å². The van der Waals surface area contributed by atoms with E-state index in [4.69, 9.17) is 5.11 Å². The average molecular weight is 243 g/mol. The van der Waals surface area contributed by atoms with Gasteiger partial charge in [0, 0.05) is 29.0 Å². The fourth-order valence-corrected chi connectivity index (χ4v) is 2.63. The lowest BCUT2D eigenvalue weighted by molar-refractivity contribution is -0.126. The Morgan fingerprint density at radius 2 is 2.12 bits per heavy atom. The van der Waals surface area contributed by atoms with Crippen molar-refractivity contribution in [3.05, 3.63) is 10.6 Å². The summed E-state index contributed by atoms with van der Waals surface area (Å²) >= 11 is 1.73. The van der Waals surface area contributed by atoms with Gasteiger partial charge in [0.05, 0.1) is 12.4 Å². The number of Topliss-reactive ketones (excluding diaryl/α,β-unsaturated/α-hetero) is 1. The Bertz CT molecular complexity index is 305. The summed E-state index contributed by atoms with van der Waals surface area (Å²) in [4.78, 5) is 15.2. The van der Waals surface area contributed by atoms with Crippen molar-refractivity contribution in [2.24, 2.45) is 5.41 Å². The molecular weight excluding hydrogens is 222 g/mol. The van der Waals surface area contributed by atoms with Crippen molar-refractivity contribution in [2.45, 2.75) is 34.1 Å². The molecule has 1 aliphatic rings. The molecular formula is C12H21NO2S. The summed E-state index contributed by atoms with van der Waals surface area (Å²) in [6.07, 6.45) is 0.705. The topological polar surface area (TPSA) is 40.5 Å². The normalized spacial score (nSPS) is 17.2. The van der Waals surface area contributed by atoms with Crippen LogP contribution in [0.4, 0.5) is 0 Å². The molecule has 0 amide bonds. The van der Waals surface area contributed by atoms with Crippen molar-refractivity contribution in [3.8, 4) is 0 Å². The van der Waals surface area contributed by atoms with Gasteiger partial charge in [0.25, 0.3) is 0 Å². The van der Waals surface area contributed by atoms with Crippen molar-refractivity contribution in [1.82, 2.24) is 4.90 Å². The van der Waals surface area contributed by atoms with Crippen molar-refractivity contribution in [3.63, 3.8) is 0 Å². The largest absolute Gasteiger partial charge is 0.396 e. The SMILES string of the molecule is CC1=C(CCO)SCN1CC(=O)C(C)(C)C. The van der Waals surface area contributed by atoms with Gasteiger partial charge < -0.3 is 10.0 Å². The number of ketones is 1. The Hall–Kier alpha value is -0.480. The van der Waals surface area contributed by atoms with E-state index in [1.54, 1.807) is 11.8 Å². The minimum Gasteiger partial charge on any atom is -0.396 e. The van der Waals surface area contributed by atoms with Crippen LogP contribution >= 0.6 is 11.8 Å². The van der Waals surface area contributed by atoms with Gasteiger partial charge in [0.2, 0.25) is 0 Å². The Balaban J connectivity index is 2.62. The average Bonchev–Trinajstić information content (AvgIpc) is 2.49. The summed E-state index contributed by atoms with van der Waals surface area (Å²) in [5, 5.41) is 8.91. The highest BCUT2D eigenvalue weighted by Crippen LogP contribution is 2.34. The van der Waals surface area contributed by atoms with Gasteiger partial charge in [-0.25, -0.2) is 0 Å². The quantitative estimate of drug-likeness (QED) is 0.822. The molecule has 0 bridgehead atoms. The maximum absolute atomic E-state index is 11.9. The van der Waals surface area contributed by atoms with Gasteiger partial charge >= 0.3 is 0 Å². The van der Waals surface area contributed by atoms with E-state index < -0.39 is 0 Å². The van der Waals surface area contributed by atoms with E-state index in [2.05, 4.69) is 4.90 Å². The second kappa shape index (κ2) is 5.23. The highest BCUT2D eigenvalue weighted by molar-refractivity contribution is 8.03. The third kappa shape index (κ3) is 3.25. The Labute approximate surface area is 102 Å². The number of thioether (sulfide) groups is 1. The molecule has 0 spiro atoms. The van der Waals surface area contributed by atoms with Crippen LogP contribution in [0.25, 0.3) is 0 Å². The molecule has 0 atom stereocenters. The van der Waals surface area contributed by atoms with E-state index in [1.165, 1.54) is 4.91 Å². The second-order valence-electron chi connectivity index (χ2n) is 5.13. The molecule has 1 aliphatic heterocycles. The van der Waals surface area contributed by atoms with Crippen LogP contribution < -0.4 is 0 Å². The number of aliphatic hydroxyl groups excluding tert-OH is 1. The van der Waals surface area contributed by atoms with E-state index in [0.29, 0.717) is 13.0 Å². The minimum atomic E-state index is -0.273. The monoisotopic (exact) mass is 243 g/mol. The van der Waals surface area contributed by atoms with E-state index in [0.717, 1.165) is 11.6 Å². The van der Waals surface area contributed by atoms with E-state index in [-0.39, 0.29) is 17.8 Å². The summed E-state index contributed by atoms with van der Waals surface area (Å²) in [6.45, 7) is 8.55. The zero-order chi connectivity index (χ0) is 12.3. The van der Waals surface area contributed by atoms with Crippen LogP contribution in [0.15, 0.2) is 10.6 Å². The van der Waals surface area contributed by atoms with Crippen molar-refractivity contribution in [1.29, 1.82) is 0 Å². The van der Waals surface area contributed by atoms with E-state index in [1.807, 2.05) is 27.7 Å². The van der Waals surface area contributed by atoms with Gasteiger partial charge in [-0.15, -0.1) is 11.8 Å². The molecule has 0 aliphatic carbocycles. The highest BCUT2D eigenvalue weighted by atomic mass is 32.2. The van der Waals surface area contributed by atoms with E-state index >= 15 is 0 Å². The van der Waals surface area contributed by atoms with Gasteiger partial charge in [-0.05, 0) is 6.92 Å². The minimum absolute atomic E-state index is 0.181. The summed E-state index contributed by atoms with van der Waals surface area (Å²) < 4.78 is 0. The van der Waals surface area contributed by atoms with Gasteiger partial charge in [-0.3, -0.25) is 4.79 Å². The maximum atomic E-state index is 11.9. The standard InChI is InChI=1S/C12H21NO2S/c1-9-10(5-6-14)16-8-13(9)7-11(15)12(2,3)4/h14H,5-8H2,1-4H3. The van der Waals surface area contributed by atoms with Gasteiger partial charge in [0.1, 0.15) is 0 Å². The van der Waals surface area contributed by atoms with E-state index in [9.17, 15) is 4.79 Å². The lowest BCUT2D eigenvalue weighted by atomic mass is 9.90. The lowest BCUT2D eigenvalue weighted by Gasteiger charge is -2.24. The number of allylic oxidation sites excluding steroid dienone is 1. The number of hydrogen-bond acceptors (Lipinski definition) is 4. The number of carbonyl (C=O) groups excluding carboxylic acids is 1. The molecule has 1 N–H and O–H groups in total. The number of hydrogen-bond donors (Lipinski definition) is 1. The number of carbonyl (C=O) groups is 1. The van der Waals surface area contributed by atoms with Crippen LogP contribution in [0.1, 0.15) is 34.1 Å². The Kier molecular flexibility index (Phi) is 4.44. The number of nitrogens with zero attached hydrogens (tertiary/aromatic N) is 1. The molecule has 92 valence electrons. The lowest BCUT2D eigenvalue weighted by Crippen LogP contribution is -2.33. The van der Waals surface area contributed by atoms with Crippen molar-refractivity contribution in [2.75, 3.05) is 19.0 Å². The molecule has 0 aromatic rings. The molecule has 0 fully saturated rings. The Morgan fingerprint density at radius 1 is 1.50 bits per heavy atom. The predicted molar refractivity (Wildman–Crippen MR) is 68.0 cm³/mol. The summed E-state index contributed by atoms with van der Waals surface area (Å²) in [5.41, 5.74) is 0.877. The molecule has 16 heavy (non-hydrogen) atoms. The molecule has 1 rings (SSSR count). The highest BCUT2D eigenvalue weighted by Gasteiger charge is 2.27. The second-order valence-corrected chi connectivity index (χ2v) is 6.17. The summed E-state index contributed by atoms with van der Waals surface area (Å²) in [6, 6.07) is 0. The zero-order valence-electron chi connectivity index (χ0n) is 10.5. The number of aliphatic hydroxyl groups is 1. The zero-order valence-corrected chi connectivity index (χ0v) is 11.4. The number of rotatable bonds is 4. The molecule has 3 nitrogen and oxygen atoms in total. The van der Waals surface area contributed by atoms with Gasteiger partial charge in [0.15, 0.2) is 5.78 Å². The first kappa shape index (κ1) is 13.6. The van der Waals surface area contributed by atoms with Crippen LogP contribution in [0.5, 0.6) is 0 Å². The summed E-state index contributed by atoms with van der Waals surface area (Å²) in [5.74, 6) is 1.10. The summed E-state index contributed by atoms with van der Waals surface area (Å²) in [7, 11) is 0.